The molecule has 2 rings (SSSR count). The lowest BCUT2D eigenvalue weighted by Crippen LogP contribution is -2.00. The molecule has 18 heavy (non-hydrogen) atoms. The van der Waals surface area contributed by atoms with Crippen molar-refractivity contribution in [3.05, 3.63) is 35.8 Å². The zero-order chi connectivity index (χ0) is 13.1. The van der Waals surface area contributed by atoms with E-state index >= 15 is 0 Å². The molecule has 3 N–H and O–H groups in total. The van der Waals surface area contributed by atoms with E-state index in [-0.39, 0.29) is 5.82 Å². The minimum Gasteiger partial charge on any atom is -0.382 e. The number of aromatic nitrogens is 2. The van der Waals surface area contributed by atoms with Gasteiger partial charge in [-0.1, -0.05) is 32.4 Å². The predicted molar refractivity (Wildman–Crippen MR) is 71.6 cm³/mol. The van der Waals surface area contributed by atoms with Gasteiger partial charge in [0.2, 0.25) is 0 Å². The van der Waals surface area contributed by atoms with Crippen LogP contribution in [0.2, 0.25) is 0 Å². The van der Waals surface area contributed by atoms with Gasteiger partial charge in [-0.3, -0.25) is 5.10 Å². The fourth-order valence-electron chi connectivity index (χ4n) is 1.97. The van der Waals surface area contributed by atoms with Crippen LogP contribution in [0.15, 0.2) is 24.3 Å². The van der Waals surface area contributed by atoms with Crippen molar-refractivity contribution in [3.63, 3.8) is 0 Å². The van der Waals surface area contributed by atoms with Gasteiger partial charge in [0.05, 0.1) is 0 Å². The second kappa shape index (κ2) is 5.21. The number of nitrogen functional groups attached to an aromatic ring is 1. The van der Waals surface area contributed by atoms with E-state index in [2.05, 4.69) is 24.0 Å². The van der Waals surface area contributed by atoms with Gasteiger partial charge in [0.25, 0.3) is 0 Å². The number of hydrogen-bond acceptors (Lipinski definition) is 2. The first-order valence-electron chi connectivity index (χ1n) is 6.20. The van der Waals surface area contributed by atoms with Gasteiger partial charge >= 0.3 is 0 Å². The highest BCUT2D eigenvalue weighted by molar-refractivity contribution is 5.76. The highest BCUT2D eigenvalue weighted by Crippen LogP contribution is 2.29. The fraction of sp³-hybridized carbons (Fsp3) is 0.357. The summed E-state index contributed by atoms with van der Waals surface area (Å²) in [6.45, 7) is 4.34. The molecule has 4 heteroatoms. The first-order chi connectivity index (χ1) is 8.61. The molecule has 0 radical (unpaired) electrons. The van der Waals surface area contributed by atoms with Crippen molar-refractivity contribution in [2.45, 2.75) is 26.7 Å². The summed E-state index contributed by atoms with van der Waals surface area (Å²) in [5.41, 5.74) is 8.72. The van der Waals surface area contributed by atoms with Crippen LogP contribution in [-0.2, 0) is 6.42 Å². The van der Waals surface area contributed by atoms with Crippen LogP contribution in [0, 0.1) is 11.7 Å². The Kier molecular flexibility index (Phi) is 3.65. The van der Waals surface area contributed by atoms with Crippen molar-refractivity contribution < 1.29 is 4.39 Å². The molecule has 0 aliphatic heterocycles. The maximum Gasteiger partial charge on any atom is 0.153 e. The number of nitrogens with one attached hydrogen (secondary N) is 1. The highest BCUT2D eigenvalue weighted by atomic mass is 19.1. The maximum atomic E-state index is 12.9. The molecule has 1 unspecified atom stereocenters. The normalized spacial score (nSPS) is 12.6. The lowest BCUT2D eigenvalue weighted by molar-refractivity contribution is 0.552. The summed E-state index contributed by atoms with van der Waals surface area (Å²) in [4.78, 5) is 0. The zero-order valence-corrected chi connectivity index (χ0v) is 10.7. The first-order valence-corrected chi connectivity index (χ1v) is 6.20. The quantitative estimate of drug-likeness (QED) is 0.870. The number of nitrogens with two attached hydrogens (primary N) is 1. The van der Waals surface area contributed by atoms with Crippen molar-refractivity contribution in [2.24, 2.45) is 5.92 Å². The Morgan fingerprint density at radius 3 is 2.61 bits per heavy atom. The van der Waals surface area contributed by atoms with Crippen LogP contribution < -0.4 is 5.73 Å². The third kappa shape index (κ3) is 2.53. The van der Waals surface area contributed by atoms with Crippen molar-refractivity contribution >= 4 is 5.82 Å². The first kappa shape index (κ1) is 12.6. The summed E-state index contributed by atoms with van der Waals surface area (Å²) in [6.07, 6.45) is 2.00. The monoisotopic (exact) mass is 247 g/mol. The third-order valence-corrected chi connectivity index (χ3v) is 3.25. The van der Waals surface area contributed by atoms with Gasteiger partial charge in [0, 0.05) is 11.3 Å². The smallest absolute Gasteiger partial charge is 0.153 e. The van der Waals surface area contributed by atoms with Gasteiger partial charge in [-0.15, -0.1) is 0 Å². The molecule has 1 atom stereocenters. The number of anilines is 1. The molecule has 1 aromatic heterocycles. The molecule has 0 spiro atoms. The largest absolute Gasteiger partial charge is 0.382 e. The molecule has 96 valence electrons. The molecule has 0 aliphatic carbocycles. The minimum atomic E-state index is -0.246. The van der Waals surface area contributed by atoms with E-state index in [9.17, 15) is 4.39 Å². The lowest BCUT2D eigenvalue weighted by atomic mass is 9.97. The van der Waals surface area contributed by atoms with Gasteiger partial charge in [0.1, 0.15) is 5.82 Å². The van der Waals surface area contributed by atoms with E-state index in [4.69, 9.17) is 5.73 Å². The Hall–Kier alpha value is -1.84. The van der Waals surface area contributed by atoms with Crippen LogP contribution in [0.25, 0.3) is 11.1 Å². The SMILES string of the molecule is CCC(C)Cc1[nH]nc(N)c1-c1ccc(F)cc1. The van der Waals surface area contributed by atoms with Crippen molar-refractivity contribution in [2.75, 3.05) is 5.73 Å². The second-order valence-electron chi connectivity index (χ2n) is 4.69. The average Bonchev–Trinajstić information content (AvgIpc) is 2.72. The standard InChI is InChI=1S/C14H18FN3/c1-3-9(2)8-12-13(14(16)18-17-12)10-4-6-11(15)7-5-10/h4-7,9H,3,8H2,1-2H3,(H3,16,17,18). The summed E-state index contributed by atoms with van der Waals surface area (Å²) in [6, 6.07) is 6.34. The molecule has 0 aliphatic rings. The predicted octanol–water partition coefficient (Wildman–Crippen LogP) is 3.39. The van der Waals surface area contributed by atoms with Gasteiger partial charge in [0.15, 0.2) is 5.82 Å². The van der Waals surface area contributed by atoms with Crippen LogP contribution in [-0.4, -0.2) is 10.2 Å². The van der Waals surface area contributed by atoms with Crippen LogP contribution in [0.1, 0.15) is 26.0 Å². The van der Waals surface area contributed by atoms with E-state index in [0.29, 0.717) is 11.7 Å². The van der Waals surface area contributed by atoms with Crippen LogP contribution in [0.4, 0.5) is 10.2 Å². The van der Waals surface area contributed by atoms with Crippen molar-refractivity contribution in [1.82, 2.24) is 10.2 Å². The molecule has 1 heterocycles. The average molecular weight is 247 g/mol. The molecule has 2 aromatic rings. The van der Waals surface area contributed by atoms with E-state index in [0.717, 1.165) is 29.7 Å². The van der Waals surface area contributed by atoms with Crippen LogP contribution in [0.5, 0.6) is 0 Å². The summed E-state index contributed by atoms with van der Waals surface area (Å²) < 4.78 is 12.9. The number of H-pyrrole nitrogens is 1. The maximum absolute atomic E-state index is 12.9. The van der Waals surface area contributed by atoms with Gasteiger partial charge in [-0.25, -0.2) is 4.39 Å². The summed E-state index contributed by atoms with van der Waals surface area (Å²) in [7, 11) is 0. The number of halogens is 1. The Morgan fingerprint density at radius 2 is 2.00 bits per heavy atom. The Labute approximate surface area is 106 Å². The zero-order valence-electron chi connectivity index (χ0n) is 10.7. The topological polar surface area (TPSA) is 54.7 Å². The summed E-state index contributed by atoms with van der Waals surface area (Å²) in [5.74, 6) is 0.785. The van der Waals surface area contributed by atoms with Crippen molar-refractivity contribution in [1.29, 1.82) is 0 Å². The Morgan fingerprint density at radius 1 is 1.33 bits per heavy atom. The number of hydrogen-bond donors (Lipinski definition) is 2. The minimum absolute atomic E-state index is 0.246. The molecule has 1 aromatic carbocycles. The lowest BCUT2D eigenvalue weighted by Gasteiger charge is -2.09. The van der Waals surface area contributed by atoms with Crippen LogP contribution in [0.3, 0.4) is 0 Å². The molecular weight excluding hydrogens is 229 g/mol. The Bertz CT molecular complexity index is 516. The number of benzene rings is 1. The molecule has 0 saturated heterocycles. The van der Waals surface area contributed by atoms with Gasteiger partial charge < -0.3 is 5.73 Å². The Balaban J connectivity index is 2.37. The molecule has 0 saturated carbocycles. The van der Waals surface area contributed by atoms with Crippen molar-refractivity contribution in [3.8, 4) is 11.1 Å². The highest BCUT2D eigenvalue weighted by Gasteiger charge is 2.14. The number of aromatic amines is 1. The molecular formula is C14H18FN3. The van der Waals surface area contributed by atoms with Gasteiger partial charge in [-0.05, 0) is 30.0 Å². The second-order valence-corrected chi connectivity index (χ2v) is 4.69. The molecule has 0 bridgehead atoms. The molecule has 3 nitrogen and oxygen atoms in total. The van der Waals surface area contributed by atoms with E-state index < -0.39 is 0 Å². The van der Waals surface area contributed by atoms with Gasteiger partial charge in [-0.2, -0.15) is 5.10 Å². The molecule has 0 fully saturated rings. The third-order valence-electron chi connectivity index (χ3n) is 3.25. The van der Waals surface area contributed by atoms with E-state index in [1.54, 1.807) is 12.1 Å². The van der Waals surface area contributed by atoms with E-state index in [1.165, 1.54) is 12.1 Å². The number of rotatable bonds is 4. The van der Waals surface area contributed by atoms with Crippen LogP contribution >= 0.6 is 0 Å². The summed E-state index contributed by atoms with van der Waals surface area (Å²) in [5, 5.41) is 7.05. The molecule has 0 amide bonds. The summed E-state index contributed by atoms with van der Waals surface area (Å²) >= 11 is 0. The fourth-order valence-corrected chi connectivity index (χ4v) is 1.97. The van der Waals surface area contributed by atoms with E-state index in [1.807, 2.05) is 0 Å². The number of nitrogens with zero attached hydrogens (tertiary/aromatic N) is 1.